The standard InChI is InChI=1S/C21H18Cl2N2O5/c1-3-29-18-10-13(9-16(23)20(18)30-12-19(26)28-2)8-14(11-24)21(27)25-17-7-5-4-6-15(17)22/h4-10H,3,12H2,1-2H3,(H,25,27)/b14-8+. The van der Waals surface area contributed by atoms with E-state index in [0.29, 0.717) is 22.9 Å². The molecule has 0 aliphatic carbocycles. The number of carbonyl (C=O) groups is 2. The van der Waals surface area contributed by atoms with Gasteiger partial charge in [0.25, 0.3) is 5.91 Å². The Morgan fingerprint density at radius 2 is 1.90 bits per heavy atom. The van der Waals surface area contributed by atoms with Gasteiger partial charge in [0.2, 0.25) is 0 Å². The Hall–Kier alpha value is -3.21. The minimum atomic E-state index is -0.634. The second-order valence-electron chi connectivity index (χ2n) is 5.73. The Morgan fingerprint density at radius 3 is 2.53 bits per heavy atom. The van der Waals surface area contributed by atoms with Crippen LogP contribution in [0.4, 0.5) is 5.69 Å². The van der Waals surface area contributed by atoms with Crippen molar-refractivity contribution in [1.82, 2.24) is 0 Å². The number of nitrogens with one attached hydrogen (secondary N) is 1. The van der Waals surface area contributed by atoms with E-state index in [-0.39, 0.29) is 28.7 Å². The van der Waals surface area contributed by atoms with E-state index >= 15 is 0 Å². The van der Waals surface area contributed by atoms with Gasteiger partial charge in [0.15, 0.2) is 18.1 Å². The molecule has 0 saturated heterocycles. The zero-order chi connectivity index (χ0) is 22.1. The van der Waals surface area contributed by atoms with Crippen LogP contribution in [0.15, 0.2) is 42.0 Å². The number of nitriles is 1. The first kappa shape index (κ1) is 23.1. The number of hydrogen-bond donors (Lipinski definition) is 1. The lowest BCUT2D eigenvalue weighted by atomic mass is 10.1. The molecule has 9 heteroatoms. The zero-order valence-electron chi connectivity index (χ0n) is 16.2. The number of halogens is 2. The Morgan fingerprint density at radius 1 is 1.17 bits per heavy atom. The molecule has 0 aliphatic heterocycles. The molecule has 2 aromatic carbocycles. The van der Waals surface area contributed by atoms with Crippen molar-refractivity contribution in [3.8, 4) is 17.6 Å². The second kappa shape index (κ2) is 11.1. The smallest absolute Gasteiger partial charge is 0.343 e. The van der Waals surface area contributed by atoms with Gasteiger partial charge >= 0.3 is 5.97 Å². The van der Waals surface area contributed by atoms with E-state index in [4.69, 9.17) is 32.7 Å². The Bertz CT molecular complexity index is 1010. The SMILES string of the molecule is CCOc1cc(/C=C(\C#N)C(=O)Nc2ccccc2Cl)cc(Cl)c1OCC(=O)OC. The van der Waals surface area contributed by atoms with Crippen LogP contribution >= 0.6 is 23.2 Å². The zero-order valence-corrected chi connectivity index (χ0v) is 17.7. The van der Waals surface area contributed by atoms with Crippen molar-refractivity contribution < 1.29 is 23.8 Å². The summed E-state index contributed by atoms with van der Waals surface area (Å²) in [5, 5.41) is 12.5. The molecule has 1 amide bonds. The van der Waals surface area contributed by atoms with E-state index in [1.54, 1.807) is 37.3 Å². The van der Waals surface area contributed by atoms with Gasteiger partial charge in [0.05, 0.1) is 29.4 Å². The summed E-state index contributed by atoms with van der Waals surface area (Å²) >= 11 is 12.3. The quantitative estimate of drug-likeness (QED) is 0.362. The first-order valence-corrected chi connectivity index (χ1v) is 9.48. The molecule has 0 aromatic heterocycles. The van der Waals surface area contributed by atoms with Crippen LogP contribution in [-0.4, -0.2) is 32.2 Å². The molecular formula is C21H18Cl2N2O5. The van der Waals surface area contributed by atoms with Crippen molar-refractivity contribution in [1.29, 1.82) is 5.26 Å². The van der Waals surface area contributed by atoms with Crippen LogP contribution < -0.4 is 14.8 Å². The van der Waals surface area contributed by atoms with Crippen molar-refractivity contribution in [3.05, 3.63) is 57.6 Å². The van der Waals surface area contributed by atoms with Gasteiger partial charge in [-0.25, -0.2) is 4.79 Å². The Labute approximate surface area is 183 Å². The maximum atomic E-state index is 12.5. The van der Waals surface area contributed by atoms with Gasteiger partial charge in [-0.15, -0.1) is 0 Å². The van der Waals surface area contributed by atoms with Crippen molar-refractivity contribution in [2.75, 3.05) is 25.6 Å². The summed E-state index contributed by atoms with van der Waals surface area (Å²) in [7, 11) is 1.24. The van der Waals surface area contributed by atoms with Crippen LogP contribution in [0.5, 0.6) is 11.5 Å². The van der Waals surface area contributed by atoms with E-state index in [0.717, 1.165) is 0 Å². The number of anilines is 1. The lowest BCUT2D eigenvalue weighted by Crippen LogP contribution is -2.14. The Balaban J connectivity index is 2.33. The third-order valence-corrected chi connectivity index (χ3v) is 4.30. The monoisotopic (exact) mass is 448 g/mol. The number of nitrogens with zero attached hydrogens (tertiary/aromatic N) is 1. The molecule has 0 saturated carbocycles. The van der Waals surface area contributed by atoms with Crippen LogP contribution in [0.25, 0.3) is 6.08 Å². The van der Waals surface area contributed by atoms with Crippen molar-refractivity contribution in [2.45, 2.75) is 6.92 Å². The van der Waals surface area contributed by atoms with Crippen LogP contribution in [0, 0.1) is 11.3 Å². The van der Waals surface area contributed by atoms with Gasteiger partial charge in [-0.3, -0.25) is 4.79 Å². The van der Waals surface area contributed by atoms with E-state index in [1.807, 2.05) is 6.07 Å². The number of carbonyl (C=O) groups excluding carboxylic acids is 2. The van der Waals surface area contributed by atoms with Crippen molar-refractivity contribution >= 4 is 46.8 Å². The number of hydrogen-bond acceptors (Lipinski definition) is 6. The fraction of sp³-hybridized carbons (Fsp3) is 0.190. The minimum absolute atomic E-state index is 0.139. The van der Waals surface area contributed by atoms with E-state index in [1.165, 1.54) is 19.3 Å². The number of benzene rings is 2. The average Bonchev–Trinajstić information content (AvgIpc) is 2.72. The molecule has 2 aromatic rings. The van der Waals surface area contributed by atoms with Crippen LogP contribution in [0.1, 0.15) is 12.5 Å². The fourth-order valence-electron chi connectivity index (χ4n) is 2.33. The van der Waals surface area contributed by atoms with E-state index in [9.17, 15) is 14.9 Å². The number of amides is 1. The van der Waals surface area contributed by atoms with Gasteiger partial charge in [-0.1, -0.05) is 35.3 Å². The maximum Gasteiger partial charge on any atom is 0.343 e. The normalized spacial score (nSPS) is 10.7. The van der Waals surface area contributed by atoms with Crippen LogP contribution in [0.3, 0.4) is 0 Å². The van der Waals surface area contributed by atoms with Crippen molar-refractivity contribution in [3.63, 3.8) is 0 Å². The Kier molecular flexibility index (Phi) is 8.54. The molecule has 0 spiro atoms. The van der Waals surface area contributed by atoms with E-state index in [2.05, 4.69) is 10.1 Å². The van der Waals surface area contributed by atoms with Crippen LogP contribution in [-0.2, 0) is 14.3 Å². The number of ether oxygens (including phenoxy) is 3. The highest BCUT2D eigenvalue weighted by atomic mass is 35.5. The predicted molar refractivity (Wildman–Crippen MR) is 114 cm³/mol. The number of esters is 1. The van der Waals surface area contributed by atoms with Gasteiger partial charge in [0, 0.05) is 0 Å². The second-order valence-corrected chi connectivity index (χ2v) is 6.55. The first-order valence-electron chi connectivity index (χ1n) is 8.73. The average molecular weight is 449 g/mol. The largest absolute Gasteiger partial charge is 0.490 e. The molecule has 0 aliphatic rings. The summed E-state index contributed by atoms with van der Waals surface area (Å²) in [6.45, 7) is 1.71. The predicted octanol–water partition coefficient (Wildman–Crippen LogP) is 4.49. The molecule has 0 fully saturated rings. The summed E-state index contributed by atoms with van der Waals surface area (Å²) in [5.74, 6) is -0.810. The van der Waals surface area contributed by atoms with Gasteiger partial charge in [-0.05, 0) is 42.8 Å². The van der Waals surface area contributed by atoms with Crippen molar-refractivity contribution in [2.24, 2.45) is 0 Å². The molecule has 30 heavy (non-hydrogen) atoms. The lowest BCUT2D eigenvalue weighted by Gasteiger charge is -2.14. The molecule has 0 atom stereocenters. The topological polar surface area (TPSA) is 97.6 Å². The first-order chi connectivity index (χ1) is 14.4. The molecule has 0 heterocycles. The maximum absolute atomic E-state index is 12.5. The highest BCUT2D eigenvalue weighted by molar-refractivity contribution is 6.34. The molecule has 0 unspecified atom stereocenters. The molecule has 1 N–H and O–H groups in total. The summed E-state index contributed by atoms with van der Waals surface area (Å²) in [4.78, 5) is 23.8. The molecular weight excluding hydrogens is 431 g/mol. The molecule has 2 rings (SSSR count). The molecule has 0 radical (unpaired) electrons. The summed E-state index contributed by atoms with van der Waals surface area (Å²) in [6, 6.07) is 11.5. The molecule has 7 nitrogen and oxygen atoms in total. The molecule has 156 valence electrons. The number of rotatable bonds is 8. The third-order valence-electron chi connectivity index (χ3n) is 3.69. The number of methoxy groups -OCH3 is 1. The fourth-order valence-corrected chi connectivity index (χ4v) is 2.79. The summed E-state index contributed by atoms with van der Waals surface area (Å²) < 4.78 is 15.4. The lowest BCUT2D eigenvalue weighted by molar-refractivity contribution is -0.142. The highest BCUT2D eigenvalue weighted by Crippen LogP contribution is 2.37. The summed E-state index contributed by atoms with van der Waals surface area (Å²) in [5.41, 5.74) is 0.640. The number of para-hydroxylation sites is 1. The molecule has 0 bridgehead atoms. The minimum Gasteiger partial charge on any atom is -0.490 e. The van der Waals surface area contributed by atoms with Gasteiger partial charge in [0.1, 0.15) is 11.6 Å². The van der Waals surface area contributed by atoms with Crippen LogP contribution in [0.2, 0.25) is 10.0 Å². The third kappa shape index (κ3) is 6.14. The van der Waals surface area contributed by atoms with E-state index < -0.39 is 11.9 Å². The van der Waals surface area contributed by atoms with Gasteiger partial charge in [-0.2, -0.15) is 5.26 Å². The highest BCUT2D eigenvalue weighted by Gasteiger charge is 2.16. The summed E-state index contributed by atoms with van der Waals surface area (Å²) in [6.07, 6.45) is 1.35. The van der Waals surface area contributed by atoms with Gasteiger partial charge < -0.3 is 19.5 Å².